The van der Waals surface area contributed by atoms with Gasteiger partial charge in [0, 0.05) is 13.0 Å². The highest BCUT2D eigenvalue weighted by Gasteiger charge is 2.61. The van der Waals surface area contributed by atoms with Crippen LogP contribution in [0.25, 0.3) is 11.6 Å². The topological polar surface area (TPSA) is 118 Å². The zero-order valence-corrected chi connectivity index (χ0v) is 27.6. The average molecular weight is 701 g/mol. The number of unbranched alkanes of at least 4 members (excludes halogenated alkanes) is 1. The Balaban J connectivity index is 1.93. The van der Waals surface area contributed by atoms with E-state index in [9.17, 15) is 18.0 Å². The number of hydrogen-bond donors (Lipinski definition) is 1. The maximum atomic E-state index is 15.2. The minimum atomic E-state index is -5.13. The van der Waals surface area contributed by atoms with E-state index in [1.165, 1.54) is 39.8 Å². The minimum Gasteiger partial charge on any atom is -0.471 e. The molecule has 1 aliphatic heterocycles. The van der Waals surface area contributed by atoms with Crippen molar-refractivity contribution in [1.82, 2.24) is 15.2 Å². The number of rotatable bonds is 8. The van der Waals surface area contributed by atoms with Crippen LogP contribution in [-0.4, -0.2) is 51.9 Å². The average Bonchev–Trinajstić information content (AvgIpc) is 3.48. The Bertz CT molecular complexity index is 1590. The van der Waals surface area contributed by atoms with Crippen LogP contribution in [0, 0.1) is 0 Å². The van der Waals surface area contributed by atoms with Crippen molar-refractivity contribution in [3.8, 4) is 17.5 Å². The minimum absolute atomic E-state index is 0.0287. The normalized spacial score (nSPS) is 20.3. The maximum Gasteiger partial charge on any atom is 0.426 e. The number of amides is 1. The number of aromatic nitrogens is 3. The van der Waals surface area contributed by atoms with Gasteiger partial charge in [-0.2, -0.15) is 26.3 Å². The molecule has 0 radical (unpaired) electrons. The Morgan fingerprint density at radius 1 is 1.06 bits per heavy atom. The van der Waals surface area contributed by atoms with E-state index < -0.39 is 89.5 Å². The number of carbonyl (C=O) groups is 1. The van der Waals surface area contributed by atoms with Crippen LogP contribution >= 0.6 is 0 Å². The highest BCUT2D eigenvalue weighted by Crippen LogP contribution is 2.47. The number of carbonyl (C=O) groups excluding carboxylic acids is 1. The number of halogens is 6. The van der Waals surface area contributed by atoms with E-state index in [-0.39, 0.29) is 13.0 Å². The van der Waals surface area contributed by atoms with E-state index in [0.717, 1.165) is 6.42 Å². The summed E-state index contributed by atoms with van der Waals surface area (Å²) in [4.78, 5) is 16.7. The second-order valence-electron chi connectivity index (χ2n) is 12.4. The van der Waals surface area contributed by atoms with Crippen molar-refractivity contribution in [2.45, 2.75) is 103 Å². The third-order valence-electron chi connectivity index (χ3n) is 7.28. The van der Waals surface area contributed by atoms with Gasteiger partial charge in [0.2, 0.25) is 11.5 Å². The zero-order chi connectivity index (χ0) is 36.0. The molecule has 4 bridgehead atoms. The molecule has 3 aromatic rings. The molecule has 4 rings (SSSR count). The number of fused-ring (bicyclic) bond motifs is 5. The van der Waals surface area contributed by atoms with Crippen molar-refractivity contribution < 1.29 is 54.5 Å². The molecule has 49 heavy (non-hydrogen) atoms. The SMILES string of the molecule is CCCCOC1CC=CC[C@](OCc2ccccc2)(C(F)(F)F)c2nnc(o2)-c2nc(c(C(F)(F)F)cc2NC(=O)OC(C)(C)C)O[C@@H]1C. The Hall–Kier alpha value is -4.18. The quantitative estimate of drug-likeness (QED) is 0.140. The second-order valence-corrected chi connectivity index (χ2v) is 12.4. The van der Waals surface area contributed by atoms with Crippen LogP contribution in [-0.2, 0) is 32.6 Å². The van der Waals surface area contributed by atoms with E-state index in [1.54, 1.807) is 30.3 Å². The first-order valence-electron chi connectivity index (χ1n) is 15.6. The molecule has 1 amide bonds. The lowest BCUT2D eigenvalue weighted by molar-refractivity contribution is -0.295. The zero-order valence-electron chi connectivity index (χ0n) is 27.6. The number of hydrogen-bond acceptors (Lipinski definition) is 9. The summed E-state index contributed by atoms with van der Waals surface area (Å²) in [6.45, 7) is 7.67. The van der Waals surface area contributed by atoms with Gasteiger partial charge in [-0.15, -0.1) is 10.2 Å². The first-order valence-corrected chi connectivity index (χ1v) is 15.6. The van der Waals surface area contributed by atoms with Crippen molar-refractivity contribution in [3.05, 3.63) is 65.6 Å². The predicted octanol–water partition coefficient (Wildman–Crippen LogP) is 8.77. The van der Waals surface area contributed by atoms with Gasteiger partial charge in [0.05, 0.1) is 18.4 Å². The highest BCUT2D eigenvalue weighted by atomic mass is 19.4. The fourth-order valence-corrected chi connectivity index (χ4v) is 4.76. The smallest absolute Gasteiger partial charge is 0.426 e. The third-order valence-corrected chi connectivity index (χ3v) is 7.28. The lowest BCUT2D eigenvalue weighted by Crippen LogP contribution is -2.45. The Morgan fingerprint density at radius 3 is 2.41 bits per heavy atom. The number of alkyl halides is 6. The molecule has 1 unspecified atom stereocenters. The summed E-state index contributed by atoms with van der Waals surface area (Å²) in [5, 5.41) is 9.56. The van der Waals surface area contributed by atoms with E-state index >= 15 is 13.2 Å². The molecule has 16 heteroatoms. The van der Waals surface area contributed by atoms with Crippen LogP contribution in [0.5, 0.6) is 5.88 Å². The molecule has 0 saturated carbocycles. The molecule has 268 valence electrons. The van der Waals surface area contributed by atoms with Crippen LogP contribution < -0.4 is 10.1 Å². The maximum absolute atomic E-state index is 15.2. The molecular weight excluding hydrogens is 662 g/mol. The van der Waals surface area contributed by atoms with E-state index in [4.69, 9.17) is 23.4 Å². The third kappa shape index (κ3) is 9.50. The van der Waals surface area contributed by atoms with E-state index in [1.807, 2.05) is 6.92 Å². The van der Waals surface area contributed by atoms with Crippen LogP contribution in [0.4, 0.5) is 36.8 Å². The van der Waals surface area contributed by atoms with Crippen LogP contribution in [0.3, 0.4) is 0 Å². The lowest BCUT2D eigenvalue weighted by Gasteiger charge is -2.32. The first-order chi connectivity index (χ1) is 22.9. The van der Waals surface area contributed by atoms with Crippen molar-refractivity contribution in [3.63, 3.8) is 0 Å². The molecule has 1 aliphatic rings. The summed E-state index contributed by atoms with van der Waals surface area (Å²) in [7, 11) is 0. The van der Waals surface area contributed by atoms with Gasteiger partial charge in [0.25, 0.3) is 11.8 Å². The van der Waals surface area contributed by atoms with Gasteiger partial charge in [-0.25, -0.2) is 9.78 Å². The summed E-state index contributed by atoms with van der Waals surface area (Å²) in [6.07, 6.45) is -10.2. The van der Waals surface area contributed by atoms with Gasteiger partial charge in [0.15, 0.2) is 5.69 Å². The molecule has 0 saturated heterocycles. The van der Waals surface area contributed by atoms with Crippen LogP contribution in [0.1, 0.15) is 77.3 Å². The molecule has 10 nitrogen and oxygen atoms in total. The number of ether oxygens (including phenoxy) is 4. The molecule has 0 fully saturated rings. The fourth-order valence-electron chi connectivity index (χ4n) is 4.76. The molecule has 1 aromatic carbocycles. The van der Waals surface area contributed by atoms with E-state index in [2.05, 4.69) is 20.5 Å². The van der Waals surface area contributed by atoms with Gasteiger partial charge < -0.3 is 23.4 Å². The molecule has 0 aliphatic carbocycles. The Morgan fingerprint density at radius 2 is 1.78 bits per heavy atom. The number of nitrogens with one attached hydrogen (secondary N) is 1. The molecule has 0 spiro atoms. The fraction of sp³-hybridized carbons (Fsp3) is 0.515. The van der Waals surface area contributed by atoms with Crippen LogP contribution in [0.2, 0.25) is 0 Å². The summed E-state index contributed by atoms with van der Waals surface area (Å²) >= 11 is 0. The molecule has 2 aromatic heterocycles. The van der Waals surface area contributed by atoms with E-state index in [0.29, 0.717) is 18.1 Å². The van der Waals surface area contributed by atoms with Crippen molar-refractivity contribution in [2.24, 2.45) is 0 Å². The van der Waals surface area contributed by atoms with Gasteiger partial charge >= 0.3 is 18.4 Å². The van der Waals surface area contributed by atoms with Crippen molar-refractivity contribution in [2.75, 3.05) is 11.9 Å². The highest BCUT2D eigenvalue weighted by molar-refractivity contribution is 5.89. The molecule has 3 atom stereocenters. The largest absolute Gasteiger partial charge is 0.471 e. The van der Waals surface area contributed by atoms with Gasteiger partial charge in [0.1, 0.15) is 17.3 Å². The van der Waals surface area contributed by atoms with Crippen LogP contribution in [0.15, 0.2) is 53.0 Å². The second kappa shape index (κ2) is 15.2. The number of anilines is 1. The first kappa shape index (κ1) is 37.6. The number of nitrogens with zero attached hydrogens (tertiary/aromatic N) is 3. The molecule has 1 N–H and O–H groups in total. The Labute approximate surface area is 279 Å². The summed E-state index contributed by atoms with van der Waals surface area (Å²) in [6, 6.07) is 8.61. The van der Waals surface area contributed by atoms with Crippen molar-refractivity contribution in [1.29, 1.82) is 0 Å². The van der Waals surface area contributed by atoms with Crippen molar-refractivity contribution >= 4 is 11.8 Å². The standard InChI is InChI=1S/C33H38F6N4O6/c1-6-7-17-45-24-15-11-12-16-31(33(37,38)39,46-19-21-13-9-8-10-14-21)28-43-42-27(48-28)25-23(40-29(44)49-30(3,4)5)18-22(32(34,35)36)26(41-25)47-20(24)2/h8-14,18,20,24H,6-7,15-17,19H2,1-5H3,(H,40,44)/t20-,24?,31-/m1/s1. The number of benzene rings is 1. The van der Waals surface area contributed by atoms with Gasteiger partial charge in [-0.1, -0.05) is 55.8 Å². The molecule has 3 heterocycles. The summed E-state index contributed by atoms with van der Waals surface area (Å²) in [5.74, 6) is -2.73. The predicted molar refractivity (Wildman–Crippen MR) is 164 cm³/mol. The van der Waals surface area contributed by atoms with Gasteiger partial charge in [-0.3, -0.25) is 5.32 Å². The monoisotopic (exact) mass is 700 g/mol. The summed E-state index contributed by atoms with van der Waals surface area (Å²) < 4.78 is 117. The Kier molecular flexibility index (Phi) is 11.6. The molecular formula is C33H38F6N4O6. The van der Waals surface area contributed by atoms with Gasteiger partial charge in [-0.05, 0) is 52.2 Å². The lowest BCUT2D eigenvalue weighted by atomic mass is 9.97. The summed E-state index contributed by atoms with van der Waals surface area (Å²) in [5.41, 5.74) is -6.46. The number of pyridine rings is 1.